The lowest BCUT2D eigenvalue weighted by Crippen LogP contribution is -2.54. The Morgan fingerprint density at radius 2 is 1.77 bits per heavy atom. The van der Waals surface area contributed by atoms with Crippen LogP contribution in [0.5, 0.6) is 0 Å². The molecule has 78 valence electrons. The van der Waals surface area contributed by atoms with Gasteiger partial charge in [0.15, 0.2) is 0 Å². The highest BCUT2D eigenvalue weighted by Crippen LogP contribution is 2.56. The zero-order valence-electron chi connectivity index (χ0n) is 9.91. The first-order valence-electron chi connectivity index (χ1n) is 5.56. The quantitative estimate of drug-likeness (QED) is 0.698. The first kappa shape index (κ1) is 11.0. The lowest BCUT2D eigenvalue weighted by molar-refractivity contribution is 0.0290. The van der Waals surface area contributed by atoms with Crippen LogP contribution in [0.2, 0.25) is 0 Å². The summed E-state index contributed by atoms with van der Waals surface area (Å²) in [4.78, 5) is 0. The molecule has 0 radical (unpaired) electrons. The SMILES string of the molecule is CCC(C)(C)C1(C)CCCC1(C)N. The summed E-state index contributed by atoms with van der Waals surface area (Å²) in [5, 5.41) is 0. The fraction of sp³-hybridized carbons (Fsp3) is 1.00. The topological polar surface area (TPSA) is 26.0 Å². The zero-order valence-corrected chi connectivity index (χ0v) is 9.91. The molecule has 0 aromatic carbocycles. The van der Waals surface area contributed by atoms with Gasteiger partial charge in [-0.25, -0.2) is 0 Å². The zero-order chi connectivity index (χ0) is 10.3. The van der Waals surface area contributed by atoms with E-state index in [9.17, 15) is 0 Å². The van der Waals surface area contributed by atoms with E-state index in [0.717, 1.165) is 0 Å². The van der Waals surface area contributed by atoms with Gasteiger partial charge in [-0.05, 0) is 30.6 Å². The number of hydrogen-bond donors (Lipinski definition) is 1. The first-order valence-corrected chi connectivity index (χ1v) is 5.56. The minimum Gasteiger partial charge on any atom is -0.325 e. The van der Waals surface area contributed by atoms with Crippen molar-refractivity contribution >= 4 is 0 Å². The van der Waals surface area contributed by atoms with Crippen LogP contribution in [0, 0.1) is 10.8 Å². The molecule has 2 atom stereocenters. The summed E-state index contributed by atoms with van der Waals surface area (Å²) in [6.45, 7) is 11.6. The van der Waals surface area contributed by atoms with Crippen LogP contribution in [0.15, 0.2) is 0 Å². The van der Waals surface area contributed by atoms with Crippen LogP contribution in [0.25, 0.3) is 0 Å². The van der Waals surface area contributed by atoms with Gasteiger partial charge < -0.3 is 5.73 Å². The number of nitrogens with two attached hydrogens (primary N) is 1. The maximum atomic E-state index is 6.42. The summed E-state index contributed by atoms with van der Waals surface area (Å²) in [6, 6.07) is 0. The molecule has 1 heteroatoms. The fourth-order valence-corrected chi connectivity index (χ4v) is 2.87. The van der Waals surface area contributed by atoms with Gasteiger partial charge in [-0.15, -0.1) is 0 Å². The van der Waals surface area contributed by atoms with Crippen molar-refractivity contribution in [1.82, 2.24) is 0 Å². The molecule has 0 amide bonds. The highest BCUT2D eigenvalue weighted by atomic mass is 14.8. The van der Waals surface area contributed by atoms with E-state index in [4.69, 9.17) is 5.73 Å². The maximum Gasteiger partial charge on any atom is 0.0185 e. The van der Waals surface area contributed by atoms with Gasteiger partial charge in [0, 0.05) is 5.54 Å². The van der Waals surface area contributed by atoms with Crippen LogP contribution in [0.4, 0.5) is 0 Å². The number of rotatable bonds is 2. The van der Waals surface area contributed by atoms with Crippen LogP contribution in [-0.4, -0.2) is 5.54 Å². The van der Waals surface area contributed by atoms with Crippen molar-refractivity contribution < 1.29 is 0 Å². The van der Waals surface area contributed by atoms with Crippen LogP contribution >= 0.6 is 0 Å². The Balaban J connectivity index is 2.99. The molecule has 0 saturated heterocycles. The fourth-order valence-electron chi connectivity index (χ4n) is 2.87. The Morgan fingerprint density at radius 1 is 1.23 bits per heavy atom. The minimum atomic E-state index is 0.0342. The largest absolute Gasteiger partial charge is 0.325 e. The molecular weight excluding hydrogens is 158 g/mol. The summed E-state index contributed by atoms with van der Waals surface area (Å²) in [6.07, 6.45) is 5.00. The van der Waals surface area contributed by atoms with Gasteiger partial charge in [0.1, 0.15) is 0 Å². The molecule has 2 unspecified atom stereocenters. The monoisotopic (exact) mass is 183 g/mol. The molecule has 1 aliphatic rings. The molecule has 0 bridgehead atoms. The van der Waals surface area contributed by atoms with Crippen LogP contribution in [0.1, 0.15) is 60.3 Å². The Bertz CT molecular complexity index is 193. The smallest absolute Gasteiger partial charge is 0.0185 e. The summed E-state index contributed by atoms with van der Waals surface area (Å²) < 4.78 is 0. The molecule has 0 aromatic rings. The van der Waals surface area contributed by atoms with E-state index in [1.165, 1.54) is 25.7 Å². The van der Waals surface area contributed by atoms with Crippen molar-refractivity contribution in [3.8, 4) is 0 Å². The third-order valence-electron chi connectivity index (χ3n) is 5.01. The van der Waals surface area contributed by atoms with Gasteiger partial charge in [0.25, 0.3) is 0 Å². The van der Waals surface area contributed by atoms with E-state index in [-0.39, 0.29) is 5.54 Å². The van der Waals surface area contributed by atoms with E-state index < -0.39 is 0 Å². The molecule has 0 spiro atoms. The molecule has 0 aliphatic heterocycles. The van der Waals surface area contributed by atoms with Crippen molar-refractivity contribution in [2.75, 3.05) is 0 Å². The molecule has 1 saturated carbocycles. The van der Waals surface area contributed by atoms with Crippen LogP contribution in [0.3, 0.4) is 0 Å². The average molecular weight is 183 g/mol. The van der Waals surface area contributed by atoms with Crippen LogP contribution < -0.4 is 5.73 Å². The Hall–Kier alpha value is -0.0400. The highest BCUT2D eigenvalue weighted by molar-refractivity contribution is 5.08. The second-order valence-corrected chi connectivity index (χ2v) is 5.84. The van der Waals surface area contributed by atoms with Crippen molar-refractivity contribution in [3.05, 3.63) is 0 Å². The molecule has 2 N–H and O–H groups in total. The lowest BCUT2D eigenvalue weighted by atomic mass is 9.57. The van der Waals surface area contributed by atoms with Gasteiger partial charge in [-0.1, -0.05) is 40.5 Å². The second kappa shape index (κ2) is 2.98. The van der Waals surface area contributed by atoms with E-state index in [1.807, 2.05) is 0 Å². The van der Waals surface area contributed by atoms with Crippen molar-refractivity contribution in [2.45, 2.75) is 65.8 Å². The predicted molar refractivity (Wildman–Crippen MR) is 58.6 cm³/mol. The average Bonchev–Trinajstić information content (AvgIpc) is 2.28. The molecule has 1 nitrogen and oxygen atoms in total. The van der Waals surface area contributed by atoms with E-state index in [0.29, 0.717) is 10.8 Å². The molecule has 0 aromatic heterocycles. The van der Waals surface area contributed by atoms with Gasteiger partial charge in [-0.3, -0.25) is 0 Å². The minimum absolute atomic E-state index is 0.0342. The lowest BCUT2D eigenvalue weighted by Gasteiger charge is -2.50. The molecule has 0 heterocycles. The second-order valence-electron chi connectivity index (χ2n) is 5.84. The molecular formula is C12H25N. The van der Waals surface area contributed by atoms with E-state index >= 15 is 0 Å². The van der Waals surface area contributed by atoms with Crippen molar-refractivity contribution in [3.63, 3.8) is 0 Å². The van der Waals surface area contributed by atoms with Gasteiger partial charge in [-0.2, -0.15) is 0 Å². The maximum absolute atomic E-state index is 6.42. The number of hydrogen-bond acceptors (Lipinski definition) is 1. The molecule has 1 rings (SSSR count). The molecule has 1 aliphatic carbocycles. The Labute approximate surface area is 83.1 Å². The van der Waals surface area contributed by atoms with Crippen molar-refractivity contribution in [2.24, 2.45) is 16.6 Å². The first-order chi connectivity index (χ1) is 5.77. The molecule has 13 heavy (non-hydrogen) atoms. The highest BCUT2D eigenvalue weighted by Gasteiger charge is 2.53. The summed E-state index contributed by atoms with van der Waals surface area (Å²) in [5.41, 5.74) is 7.13. The Kier molecular flexibility index (Phi) is 2.53. The Morgan fingerprint density at radius 3 is 2.08 bits per heavy atom. The summed E-state index contributed by atoms with van der Waals surface area (Å²) in [5.74, 6) is 0. The third-order valence-corrected chi connectivity index (χ3v) is 5.01. The van der Waals surface area contributed by atoms with Gasteiger partial charge in [0.2, 0.25) is 0 Å². The standard InChI is InChI=1S/C12H25N/c1-6-10(2,3)11(4)8-7-9-12(11,5)13/h6-9,13H2,1-5H3. The normalized spacial score (nSPS) is 41.1. The van der Waals surface area contributed by atoms with E-state index in [2.05, 4.69) is 34.6 Å². The van der Waals surface area contributed by atoms with Crippen LogP contribution in [-0.2, 0) is 0 Å². The predicted octanol–water partition coefficient (Wildman–Crippen LogP) is 3.33. The summed E-state index contributed by atoms with van der Waals surface area (Å²) >= 11 is 0. The van der Waals surface area contributed by atoms with Gasteiger partial charge in [0.05, 0.1) is 0 Å². The van der Waals surface area contributed by atoms with Crippen molar-refractivity contribution in [1.29, 1.82) is 0 Å². The third kappa shape index (κ3) is 1.41. The summed E-state index contributed by atoms with van der Waals surface area (Å²) in [7, 11) is 0. The molecule has 1 fully saturated rings. The van der Waals surface area contributed by atoms with E-state index in [1.54, 1.807) is 0 Å². The van der Waals surface area contributed by atoms with Gasteiger partial charge >= 0.3 is 0 Å².